The van der Waals surface area contributed by atoms with E-state index in [-0.39, 0.29) is 0 Å². The molecular weight excluding hydrogens is 282 g/mol. The molecule has 0 saturated carbocycles. The van der Waals surface area contributed by atoms with Crippen molar-refractivity contribution in [2.24, 2.45) is 0 Å². The molecule has 1 aromatic rings. The quantitative estimate of drug-likeness (QED) is 0.515. The van der Waals surface area contributed by atoms with Gasteiger partial charge in [0.15, 0.2) is 11.6 Å². The predicted molar refractivity (Wildman–Crippen MR) is 71.9 cm³/mol. The van der Waals surface area contributed by atoms with E-state index in [1.807, 2.05) is 0 Å². The van der Waals surface area contributed by atoms with Crippen molar-refractivity contribution in [3.05, 3.63) is 51.1 Å². The van der Waals surface area contributed by atoms with E-state index >= 15 is 0 Å². The van der Waals surface area contributed by atoms with Gasteiger partial charge in [0.2, 0.25) is 0 Å². The largest absolute Gasteiger partial charge is 0.351 e. The lowest BCUT2D eigenvalue weighted by atomic mass is 10.1. The normalized spacial score (nSPS) is 13.9. The van der Waals surface area contributed by atoms with Gasteiger partial charge >= 0.3 is 0 Å². The van der Waals surface area contributed by atoms with Gasteiger partial charge in [-0.05, 0) is 31.7 Å². The van der Waals surface area contributed by atoms with Crippen molar-refractivity contribution in [3.8, 4) is 0 Å². The summed E-state index contributed by atoms with van der Waals surface area (Å²) in [7, 11) is 0. The first-order valence-electron chi connectivity index (χ1n) is 6.58. The fourth-order valence-electron chi connectivity index (χ4n) is 2.27. The number of hydrogen-bond acceptors (Lipinski definition) is 3. The number of rotatable bonds is 5. The van der Waals surface area contributed by atoms with Crippen molar-refractivity contribution in [3.63, 3.8) is 0 Å². The number of allylic oxidation sites excluding steroid dienone is 1. The second kappa shape index (κ2) is 6.43. The van der Waals surface area contributed by atoms with Gasteiger partial charge in [0, 0.05) is 6.54 Å². The molecule has 1 amide bonds. The first kappa shape index (κ1) is 15.1. The summed E-state index contributed by atoms with van der Waals surface area (Å²) in [5.74, 6) is -3.42. The number of nitrogens with one attached hydrogen (secondary N) is 1. The van der Waals surface area contributed by atoms with Crippen LogP contribution in [0.15, 0.2) is 23.8 Å². The maximum Gasteiger partial charge on any atom is 0.285 e. The molecule has 2 rings (SSSR count). The van der Waals surface area contributed by atoms with E-state index in [0.717, 1.165) is 19.3 Å². The van der Waals surface area contributed by atoms with Crippen molar-refractivity contribution in [2.75, 3.05) is 6.54 Å². The molecule has 1 aliphatic carbocycles. The van der Waals surface area contributed by atoms with Gasteiger partial charge in [-0.3, -0.25) is 14.9 Å². The zero-order chi connectivity index (χ0) is 15.4. The Kier molecular flexibility index (Phi) is 4.62. The van der Waals surface area contributed by atoms with Crippen LogP contribution in [0.3, 0.4) is 0 Å². The lowest BCUT2D eigenvalue weighted by molar-refractivity contribution is -0.385. The maximum absolute atomic E-state index is 13.2. The molecule has 21 heavy (non-hydrogen) atoms. The molecule has 7 heteroatoms. The predicted octanol–water partition coefficient (Wildman–Crippen LogP) is 3.10. The zero-order valence-electron chi connectivity index (χ0n) is 11.2. The monoisotopic (exact) mass is 296 g/mol. The van der Waals surface area contributed by atoms with Crippen LogP contribution in [0.25, 0.3) is 0 Å². The Morgan fingerprint density at radius 2 is 2.05 bits per heavy atom. The third-order valence-corrected chi connectivity index (χ3v) is 3.35. The van der Waals surface area contributed by atoms with E-state index in [9.17, 15) is 23.7 Å². The smallest absolute Gasteiger partial charge is 0.285 e. The lowest BCUT2D eigenvalue weighted by Gasteiger charge is -2.07. The number of carbonyl (C=O) groups excluding carboxylic acids is 1. The summed E-state index contributed by atoms with van der Waals surface area (Å²) in [6, 6.07) is 0.974. The van der Waals surface area contributed by atoms with Crippen molar-refractivity contribution in [1.82, 2.24) is 5.32 Å². The molecule has 0 bridgehead atoms. The third-order valence-electron chi connectivity index (χ3n) is 3.35. The van der Waals surface area contributed by atoms with Crippen molar-refractivity contribution < 1.29 is 18.5 Å². The van der Waals surface area contributed by atoms with E-state index in [2.05, 4.69) is 11.4 Å². The molecule has 0 fully saturated rings. The molecule has 0 heterocycles. The summed E-state index contributed by atoms with van der Waals surface area (Å²) in [5, 5.41) is 13.3. The van der Waals surface area contributed by atoms with E-state index in [1.165, 1.54) is 5.57 Å². The van der Waals surface area contributed by atoms with Gasteiger partial charge in [-0.1, -0.05) is 11.6 Å². The maximum atomic E-state index is 13.2. The standard InChI is InChI=1S/C14H14F2N2O3/c15-11-7-10(13(18(20)21)8-12(11)16)14(19)17-6-5-9-3-1-2-4-9/h3,7-8H,1-2,4-6H2,(H,17,19). The minimum absolute atomic E-state index is 0.306. The number of hydrogen-bond donors (Lipinski definition) is 1. The van der Waals surface area contributed by atoms with Gasteiger partial charge in [-0.15, -0.1) is 0 Å². The molecule has 112 valence electrons. The summed E-state index contributed by atoms with van der Waals surface area (Å²) < 4.78 is 26.2. The summed E-state index contributed by atoms with van der Waals surface area (Å²) in [6.07, 6.45) is 5.87. The van der Waals surface area contributed by atoms with E-state index in [1.54, 1.807) is 0 Å². The number of nitro groups is 1. The Bertz CT molecular complexity index is 614. The first-order valence-corrected chi connectivity index (χ1v) is 6.58. The van der Waals surface area contributed by atoms with Gasteiger partial charge < -0.3 is 5.32 Å². The van der Waals surface area contributed by atoms with Crippen LogP contribution in [0, 0.1) is 21.7 Å². The molecule has 0 spiro atoms. The average Bonchev–Trinajstić information content (AvgIpc) is 2.94. The highest BCUT2D eigenvalue weighted by Gasteiger charge is 2.23. The van der Waals surface area contributed by atoms with Crippen LogP contribution in [0.2, 0.25) is 0 Å². The number of amides is 1. The molecule has 0 saturated heterocycles. The number of nitrogens with zero attached hydrogens (tertiary/aromatic N) is 1. The van der Waals surface area contributed by atoms with Crippen molar-refractivity contribution in [2.45, 2.75) is 25.7 Å². The Balaban J connectivity index is 2.07. The Morgan fingerprint density at radius 1 is 1.33 bits per heavy atom. The summed E-state index contributed by atoms with van der Waals surface area (Å²) in [6.45, 7) is 0.306. The van der Waals surface area contributed by atoms with Crippen LogP contribution < -0.4 is 5.32 Å². The first-order chi connectivity index (χ1) is 9.99. The molecule has 0 aromatic heterocycles. The Hall–Kier alpha value is -2.31. The van der Waals surface area contributed by atoms with Gasteiger partial charge in [-0.2, -0.15) is 0 Å². The van der Waals surface area contributed by atoms with E-state index < -0.39 is 33.7 Å². The fraction of sp³-hybridized carbons (Fsp3) is 0.357. The van der Waals surface area contributed by atoms with Crippen LogP contribution in [0.5, 0.6) is 0 Å². The zero-order valence-corrected chi connectivity index (χ0v) is 11.2. The highest BCUT2D eigenvalue weighted by atomic mass is 19.2. The van der Waals surface area contributed by atoms with Gasteiger partial charge in [-0.25, -0.2) is 8.78 Å². The summed E-state index contributed by atoms with van der Waals surface area (Å²) >= 11 is 0. The highest BCUT2D eigenvalue weighted by molar-refractivity contribution is 5.98. The average molecular weight is 296 g/mol. The molecule has 1 N–H and O–H groups in total. The fourth-order valence-corrected chi connectivity index (χ4v) is 2.27. The van der Waals surface area contributed by atoms with Gasteiger partial charge in [0.25, 0.3) is 11.6 Å². The lowest BCUT2D eigenvalue weighted by Crippen LogP contribution is -2.25. The molecule has 1 aliphatic rings. The highest BCUT2D eigenvalue weighted by Crippen LogP contribution is 2.23. The molecule has 0 atom stereocenters. The van der Waals surface area contributed by atoms with Crippen LogP contribution in [0.1, 0.15) is 36.0 Å². The van der Waals surface area contributed by atoms with E-state index in [4.69, 9.17) is 0 Å². The molecule has 0 aliphatic heterocycles. The van der Waals surface area contributed by atoms with Crippen LogP contribution in [-0.4, -0.2) is 17.4 Å². The molecule has 5 nitrogen and oxygen atoms in total. The minimum Gasteiger partial charge on any atom is -0.351 e. The molecular formula is C14H14F2N2O3. The Morgan fingerprint density at radius 3 is 2.67 bits per heavy atom. The minimum atomic E-state index is -1.35. The number of carbonyl (C=O) groups is 1. The second-order valence-corrected chi connectivity index (χ2v) is 4.80. The number of benzene rings is 1. The Labute approximate surface area is 119 Å². The molecule has 1 aromatic carbocycles. The van der Waals surface area contributed by atoms with Gasteiger partial charge in [0.1, 0.15) is 5.56 Å². The third kappa shape index (κ3) is 3.62. The van der Waals surface area contributed by atoms with Crippen molar-refractivity contribution >= 4 is 11.6 Å². The van der Waals surface area contributed by atoms with Gasteiger partial charge in [0.05, 0.1) is 11.0 Å². The van der Waals surface area contributed by atoms with Crippen LogP contribution in [0.4, 0.5) is 14.5 Å². The summed E-state index contributed by atoms with van der Waals surface area (Å²) in [5.41, 5.74) is 0.0147. The van der Waals surface area contributed by atoms with Crippen LogP contribution in [-0.2, 0) is 0 Å². The van der Waals surface area contributed by atoms with Crippen LogP contribution >= 0.6 is 0 Å². The summed E-state index contributed by atoms with van der Waals surface area (Å²) in [4.78, 5) is 21.8. The molecule has 0 unspecified atom stereocenters. The topological polar surface area (TPSA) is 72.2 Å². The second-order valence-electron chi connectivity index (χ2n) is 4.80. The molecule has 0 radical (unpaired) electrons. The van der Waals surface area contributed by atoms with Crippen molar-refractivity contribution in [1.29, 1.82) is 0 Å². The SMILES string of the molecule is O=C(NCCC1=CCCC1)c1cc(F)c(F)cc1[N+](=O)[O-]. The number of halogens is 2. The van der Waals surface area contributed by atoms with E-state index in [0.29, 0.717) is 25.1 Å². The number of nitro benzene ring substituents is 1.